The number of aromatic nitrogens is 4. The van der Waals surface area contributed by atoms with Gasteiger partial charge in [-0.15, -0.1) is 0 Å². The zero-order chi connectivity index (χ0) is 17.4. The lowest BCUT2D eigenvalue weighted by molar-refractivity contribution is 0.411. The SMILES string of the molecule is COc1cc(C(c2c(C)[nH][nH]c2=O)c2c(C)[nH][nH]c2=O)ccc1C. The van der Waals surface area contributed by atoms with Crippen LogP contribution >= 0.6 is 0 Å². The molecule has 0 aliphatic heterocycles. The van der Waals surface area contributed by atoms with Crippen molar-refractivity contribution < 1.29 is 4.74 Å². The highest BCUT2D eigenvalue weighted by atomic mass is 16.5. The molecule has 0 aliphatic rings. The molecule has 0 unspecified atom stereocenters. The highest BCUT2D eigenvalue weighted by Crippen LogP contribution is 2.33. The number of aryl methyl sites for hydroxylation is 3. The lowest BCUT2D eigenvalue weighted by Crippen LogP contribution is -2.20. The van der Waals surface area contributed by atoms with E-state index in [1.54, 1.807) is 7.11 Å². The predicted molar refractivity (Wildman–Crippen MR) is 91.0 cm³/mol. The van der Waals surface area contributed by atoms with Gasteiger partial charge in [0.2, 0.25) is 0 Å². The smallest absolute Gasteiger partial charge is 0.268 e. The molecule has 0 amide bonds. The van der Waals surface area contributed by atoms with Crippen LogP contribution in [0.4, 0.5) is 0 Å². The molecule has 0 spiro atoms. The maximum absolute atomic E-state index is 12.4. The van der Waals surface area contributed by atoms with Gasteiger partial charge in [0.25, 0.3) is 11.1 Å². The minimum Gasteiger partial charge on any atom is -0.496 e. The molecule has 0 bridgehead atoms. The van der Waals surface area contributed by atoms with E-state index in [2.05, 4.69) is 20.4 Å². The van der Waals surface area contributed by atoms with Gasteiger partial charge in [0.1, 0.15) is 5.75 Å². The zero-order valence-corrected chi connectivity index (χ0v) is 14.0. The number of rotatable bonds is 4. The summed E-state index contributed by atoms with van der Waals surface area (Å²) in [6.07, 6.45) is 0. The first kappa shape index (κ1) is 15.9. The van der Waals surface area contributed by atoms with Crippen LogP contribution in [0.3, 0.4) is 0 Å². The second-order valence-corrected chi connectivity index (χ2v) is 5.90. The fourth-order valence-electron chi connectivity index (χ4n) is 3.10. The Morgan fingerprint density at radius 1 is 0.875 bits per heavy atom. The van der Waals surface area contributed by atoms with Crippen molar-refractivity contribution in [1.29, 1.82) is 0 Å². The molecule has 0 atom stereocenters. The van der Waals surface area contributed by atoms with Gasteiger partial charge in [0.15, 0.2) is 0 Å². The normalized spacial score (nSPS) is 11.2. The first-order valence-corrected chi connectivity index (χ1v) is 7.62. The van der Waals surface area contributed by atoms with Gasteiger partial charge < -0.3 is 14.9 Å². The van der Waals surface area contributed by atoms with Crippen LogP contribution in [0.25, 0.3) is 0 Å². The molecule has 126 valence electrons. The van der Waals surface area contributed by atoms with Crippen LogP contribution in [0.2, 0.25) is 0 Å². The molecule has 0 radical (unpaired) electrons. The molecule has 0 fully saturated rings. The summed E-state index contributed by atoms with van der Waals surface area (Å²) >= 11 is 0. The third kappa shape index (κ3) is 2.47. The van der Waals surface area contributed by atoms with E-state index in [-0.39, 0.29) is 11.1 Å². The number of nitrogens with one attached hydrogen (secondary N) is 4. The maximum atomic E-state index is 12.4. The monoisotopic (exact) mass is 328 g/mol. The number of H-pyrrole nitrogens is 4. The molecule has 3 rings (SSSR count). The third-order valence-electron chi connectivity index (χ3n) is 4.37. The van der Waals surface area contributed by atoms with Gasteiger partial charge in [-0.2, -0.15) is 0 Å². The molecule has 24 heavy (non-hydrogen) atoms. The molecule has 3 aromatic rings. The Balaban J connectivity index is 2.32. The molecule has 4 N–H and O–H groups in total. The average Bonchev–Trinajstić information content (AvgIpc) is 3.06. The number of ether oxygens (including phenoxy) is 1. The highest BCUT2D eigenvalue weighted by molar-refractivity contribution is 5.48. The summed E-state index contributed by atoms with van der Waals surface area (Å²) < 4.78 is 5.40. The Labute approximate surface area is 138 Å². The van der Waals surface area contributed by atoms with Gasteiger partial charge in [0.05, 0.1) is 18.2 Å². The number of benzene rings is 1. The summed E-state index contributed by atoms with van der Waals surface area (Å²) in [7, 11) is 1.60. The molecule has 7 heteroatoms. The Morgan fingerprint density at radius 2 is 1.42 bits per heavy atom. The van der Waals surface area contributed by atoms with Crippen LogP contribution in [-0.4, -0.2) is 27.5 Å². The Hall–Kier alpha value is -2.96. The van der Waals surface area contributed by atoms with Crippen molar-refractivity contribution in [2.75, 3.05) is 7.11 Å². The van der Waals surface area contributed by atoms with Crippen molar-refractivity contribution >= 4 is 0 Å². The Morgan fingerprint density at radius 3 is 1.83 bits per heavy atom. The van der Waals surface area contributed by atoms with Gasteiger partial charge in [0, 0.05) is 17.3 Å². The summed E-state index contributed by atoms with van der Waals surface area (Å²) in [5.74, 6) is 0.219. The largest absolute Gasteiger partial charge is 0.496 e. The van der Waals surface area contributed by atoms with Gasteiger partial charge >= 0.3 is 0 Å². The molecule has 1 aromatic carbocycles. The first-order valence-electron chi connectivity index (χ1n) is 7.62. The summed E-state index contributed by atoms with van der Waals surface area (Å²) in [5, 5.41) is 10.9. The maximum Gasteiger partial charge on any atom is 0.268 e. The number of hydrogen-bond donors (Lipinski definition) is 4. The number of hydrogen-bond acceptors (Lipinski definition) is 3. The van der Waals surface area contributed by atoms with Crippen LogP contribution in [0.1, 0.15) is 39.6 Å². The van der Waals surface area contributed by atoms with Crippen LogP contribution < -0.4 is 15.9 Å². The average molecular weight is 328 g/mol. The van der Waals surface area contributed by atoms with Gasteiger partial charge in [-0.25, -0.2) is 0 Å². The third-order valence-corrected chi connectivity index (χ3v) is 4.37. The second kappa shape index (κ2) is 5.92. The van der Waals surface area contributed by atoms with Crippen molar-refractivity contribution in [3.05, 3.63) is 72.5 Å². The van der Waals surface area contributed by atoms with E-state index in [0.717, 1.165) is 11.1 Å². The van der Waals surface area contributed by atoms with E-state index in [0.29, 0.717) is 28.3 Å². The van der Waals surface area contributed by atoms with Crippen LogP contribution in [0.5, 0.6) is 5.75 Å². The van der Waals surface area contributed by atoms with Crippen molar-refractivity contribution in [3.8, 4) is 5.75 Å². The molecule has 7 nitrogen and oxygen atoms in total. The standard InChI is InChI=1S/C17H20N4O3/c1-8-5-6-11(7-12(8)24-4)15(13-9(2)18-20-16(13)22)14-10(3)19-21-17(14)23/h5-7,15H,1-4H3,(H2,18,20,22)(H2,19,21,23). The van der Waals surface area contributed by atoms with E-state index in [4.69, 9.17) is 4.74 Å². The van der Waals surface area contributed by atoms with Crippen molar-refractivity contribution in [1.82, 2.24) is 20.4 Å². The fourth-order valence-corrected chi connectivity index (χ4v) is 3.10. The van der Waals surface area contributed by atoms with Crippen LogP contribution in [0, 0.1) is 20.8 Å². The van der Waals surface area contributed by atoms with Crippen LogP contribution in [0.15, 0.2) is 27.8 Å². The number of aromatic amines is 4. The van der Waals surface area contributed by atoms with E-state index < -0.39 is 5.92 Å². The van der Waals surface area contributed by atoms with Crippen molar-refractivity contribution in [2.45, 2.75) is 26.7 Å². The van der Waals surface area contributed by atoms with Crippen LogP contribution in [-0.2, 0) is 0 Å². The van der Waals surface area contributed by atoms with Crippen molar-refractivity contribution in [2.24, 2.45) is 0 Å². The second-order valence-electron chi connectivity index (χ2n) is 5.90. The highest BCUT2D eigenvalue weighted by Gasteiger charge is 2.28. The van der Waals surface area contributed by atoms with E-state index in [1.165, 1.54) is 0 Å². The van der Waals surface area contributed by atoms with Crippen molar-refractivity contribution in [3.63, 3.8) is 0 Å². The first-order chi connectivity index (χ1) is 11.4. The van der Waals surface area contributed by atoms with Gasteiger partial charge in [-0.3, -0.25) is 19.8 Å². The minimum absolute atomic E-state index is 0.239. The van der Waals surface area contributed by atoms with Gasteiger partial charge in [-0.05, 0) is 38.0 Å². The zero-order valence-electron chi connectivity index (χ0n) is 14.0. The summed E-state index contributed by atoms with van der Waals surface area (Å²) in [6.45, 7) is 5.56. The topological polar surface area (TPSA) is 107 Å². The Kier molecular flexibility index (Phi) is 3.92. The fraction of sp³-hybridized carbons (Fsp3) is 0.294. The molecule has 0 saturated carbocycles. The molecule has 2 aromatic heterocycles. The molecule has 0 aliphatic carbocycles. The lowest BCUT2D eigenvalue weighted by atomic mass is 9.85. The molecule has 2 heterocycles. The number of methoxy groups -OCH3 is 1. The summed E-state index contributed by atoms with van der Waals surface area (Å²) in [5.41, 5.74) is 3.77. The predicted octanol–water partition coefficient (Wildman–Crippen LogP) is 1.83. The van der Waals surface area contributed by atoms with Gasteiger partial charge in [-0.1, -0.05) is 12.1 Å². The molecular formula is C17H20N4O3. The lowest BCUT2D eigenvalue weighted by Gasteiger charge is -2.17. The summed E-state index contributed by atoms with van der Waals surface area (Å²) in [6, 6.07) is 5.71. The molecule has 0 saturated heterocycles. The molecular weight excluding hydrogens is 308 g/mol. The summed E-state index contributed by atoms with van der Waals surface area (Å²) in [4.78, 5) is 24.7. The quantitative estimate of drug-likeness (QED) is 0.587. The minimum atomic E-state index is -0.496. The van der Waals surface area contributed by atoms with E-state index in [9.17, 15) is 9.59 Å². The Bertz CT molecular complexity index is 936. The van der Waals surface area contributed by atoms with E-state index >= 15 is 0 Å². The van der Waals surface area contributed by atoms with E-state index in [1.807, 2.05) is 39.0 Å².